The Balaban J connectivity index is 4.21. The average molecular weight is 821 g/mol. The number of rotatable bonds is 47. The van der Waals surface area contributed by atoms with Crippen LogP contribution in [0.4, 0.5) is 0 Å². The molecule has 0 bridgehead atoms. The lowest BCUT2D eigenvalue weighted by Crippen LogP contribution is -2.30. The second-order valence-corrected chi connectivity index (χ2v) is 18.3. The summed E-state index contributed by atoms with van der Waals surface area (Å²) in [4.78, 5) is 37.8. The minimum atomic E-state index is -0.760. The molecule has 0 saturated carbocycles. The molecule has 0 radical (unpaired) electrons. The van der Waals surface area contributed by atoms with E-state index in [1.54, 1.807) is 0 Å². The fourth-order valence-corrected chi connectivity index (χ4v) is 7.86. The molecule has 58 heavy (non-hydrogen) atoms. The van der Waals surface area contributed by atoms with E-state index in [1.165, 1.54) is 186 Å². The van der Waals surface area contributed by atoms with Crippen LogP contribution in [0, 0.1) is 5.92 Å². The molecule has 0 N–H and O–H groups in total. The van der Waals surface area contributed by atoms with Gasteiger partial charge in [-0.05, 0) is 25.2 Å². The third-order valence-corrected chi connectivity index (χ3v) is 11.8. The van der Waals surface area contributed by atoms with E-state index in [2.05, 4.69) is 27.7 Å². The van der Waals surface area contributed by atoms with Crippen molar-refractivity contribution in [3.8, 4) is 0 Å². The minimum absolute atomic E-state index is 0.0631. The molecular weight excluding hydrogens is 721 g/mol. The van der Waals surface area contributed by atoms with Crippen LogP contribution >= 0.6 is 0 Å². The molecule has 0 rings (SSSR count). The van der Waals surface area contributed by atoms with E-state index < -0.39 is 6.10 Å². The lowest BCUT2D eigenvalue weighted by molar-refractivity contribution is -0.167. The van der Waals surface area contributed by atoms with Crippen molar-refractivity contribution in [1.82, 2.24) is 0 Å². The zero-order valence-electron chi connectivity index (χ0n) is 39.5. The molecule has 0 amide bonds. The van der Waals surface area contributed by atoms with Crippen LogP contribution in [0.1, 0.15) is 291 Å². The van der Waals surface area contributed by atoms with Crippen molar-refractivity contribution in [3.63, 3.8) is 0 Å². The largest absolute Gasteiger partial charge is 0.462 e. The third-order valence-electron chi connectivity index (χ3n) is 11.8. The molecule has 0 aliphatic heterocycles. The average Bonchev–Trinajstić information content (AvgIpc) is 3.21. The normalized spacial score (nSPS) is 11.9. The lowest BCUT2D eigenvalue weighted by atomic mass is 10.0. The van der Waals surface area contributed by atoms with Crippen molar-refractivity contribution >= 4 is 17.9 Å². The lowest BCUT2D eigenvalue weighted by Gasteiger charge is -2.18. The summed E-state index contributed by atoms with van der Waals surface area (Å²) in [5, 5.41) is 0. The van der Waals surface area contributed by atoms with Crippen LogP contribution < -0.4 is 0 Å². The Labute approximate surface area is 361 Å². The number of ether oxygens (including phenoxy) is 3. The smallest absolute Gasteiger partial charge is 0.306 e. The molecule has 0 unspecified atom stereocenters. The van der Waals surface area contributed by atoms with E-state index in [-0.39, 0.29) is 31.1 Å². The van der Waals surface area contributed by atoms with E-state index in [4.69, 9.17) is 14.2 Å². The van der Waals surface area contributed by atoms with Gasteiger partial charge >= 0.3 is 17.9 Å². The predicted octanol–water partition coefficient (Wildman–Crippen LogP) is 16.7. The molecule has 6 heteroatoms. The highest BCUT2D eigenvalue weighted by molar-refractivity contribution is 5.71. The highest BCUT2D eigenvalue weighted by atomic mass is 16.6. The topological polar surface area (TPSA) is 78.9 Å². The first kappa shape index (κ1) is 56.4. The van der Waals surface area contributed by atoms with Crippen LogP contribution in [0.5, 0.6) is 0 Å². The first-order valence-electron chi connectivity index (χ1n) is 25.9. The zero-order chi connectivity index (χ0) is 42.4. The predicted molar refractivity (Wildman–Crippen MR) is 247 cm³/mol. The van der Waals surface area contributed by atoms with Crippen LogP contribution in [0.15, 0.2) is 0 Å². The molecule has 0 spiro atoms. The van der Waals surface area contributed by atoms with Crippen molar-refractivity contribution < 1.29 is 28.6 Å². The maximum Gasteiger partial charge on any atom is 0.306 e. The summed E-state index contributed by atoms with van der Waals surface area (Å²) in [6, 6.07) is 0. The number of hydrogen-bond acceptors (Lipinski definition) is 6. The van der Waals surface area contributed by atoms with Gasteiger partial charge in [0.05, 0.1) is 0 Å². The molecule has 6 nitrogen and oxygen atoms in total. The van der Waals surface area contributed by atoms with Gasteiger partial charge in [-0.3, -0.25) is 14.4 Å². The number of carbonyl (C=O) groups is 3. The van der Waals surface area contributed by atoms with Crippen molar-refractivity contribution in [1.29, 1.82) is 0 Å². The summed E-state index contributed by atoms with van der Waals surface area (Å²) in [7, 11) is 0. The van der Waals surface area contributed by atoms with Gasteiger partial charge in [0.25, 0.3) is 0 Å². The van der Waals surface area contributed by atoms with Crippen molar-refractivity contribution in [2.45, 2.75) is 297 Å². The van der Waals surface area contributed by atoms with E-state index in [1.807, 2.05) is 0 Å². The van der Waals surface area contributed by atoms with Gasteiger partial charge in [-0.25, -0.2) is 0 Å². The molecule has 0 aromatic rings. The van der Waals surface area contributed by atoms with Crippen LogP contribution in [-0.4, -0.2) is 37.2 Å². The Morgan fingerprint density at radius 1 is 0.328 bits per heavy atom. The molecular formula is C52H100O6. The number of carbonyl (C=O) groups excluding carboxylic acids is 3. The Morgan fingerprint density at radius 2 is 0.569 bits per heavy atom. The van der Waals surface area contributed by atoms with E-state index in [0.717, 1.165) is 63.7 Å². The molecule has 0 aliphatic rings. The van der Waals surface area contributed by atoms with Crippen molar-refractivity contribution in [3.05, 3.63) is 0 Å². The van der Waals surface area contributed by atoms with Crippen molar-refractivity contribution in [2.24, 2.45) is 5.92 Å². The van der Waals surface area contributed by atoms with Gasteiger partial charge in [0, 0.05) is 19.3 Å². The van der Waals surface area contributed by atoms with Gasteiger partial charge in [0.15, 0.2) is 6.10 Å². The second-order valence-electron chi connectivity index (χ2n) is 18.3. The van der Waals surface area contributed by atoms with Gasteiger partial charge in [0.1, 0.15) is 13.2 Å². The van der Waals surface area contributed by atoms with Crippen LogP contribution in [0.2, 0.25) is 0 Å². The molecule has 344 valence electrons. The molecule has 0 fully saturated rings. The van der Waals surface area contributed by atoms with Gasteiger partial charge in [-0.1, -0.05) is 252 Å². The SMILES string of the molecule is CCCCCCCCCCCCCCCCCCCCC(=O)OC[C@@H](COC(=O)CCCCCCCCCCCCC(C)C)OC(=O)CCCCCCCCCCC. The molecule has 0 aromatic carbocycles. The van der Waals surface area contributed by atoms with Gasteiger partial charge < -0.3 is 14.2 Å². The third kappa shape index (κ3) is 45.5. The summed E-state index contributed by atoms with van der Waals surface area (Å²) < 4.78 is 16.8. The van der Waals surface area contributed by atoms with Crippen molar-refractivity contribution in [2.75, 3.05) is 13.2 Å². The summed E-state index contributed by atoms with van der Waals surface area (Å²) in [5.74, 6) is -0.0299. The molecule has 0 saturated heterocycles. The first-order valence-corrected chi connectivity index (χ1v) is 25.9. The standard InChI is InChI=1S/C52H100O6/c1-5-7-9-11-13-15-16-17-18-19-20-21-22-23-28-31-35-39-43-50(53)56-46-49(58-52(55)45-41-37-33-26-14-12-10-8-6-2)47-57-51(54)44-40-36-32-29-25-24-27-30-34-38-42-48(3)4/h48-49H,5-47H2,1-4H3/t49-/m0/s1. The van der Waals surface area contributed by atoms with Gasteiger partial charge in [-0.15, -0.1) is 0 Å². The molecule has 0 aromatic heterocycles. The summed E-state index contributed by atoms with van der Waals surface area (Å²) in [6.45, 7) is 9.00. The maximum absolute atomic E-state index is 12.7. The Morgan fingerprint density at radius 3 is 0.845 bits per heavy atom. The fourth-order valence-electron chi connectivity index (χ4n) is 7.86. The summed E-state index contributed by atoms with van der Waals surface area (Å²) in [5.41, 5.74) is 0. The zero-order valence-corrected chi connectivity index (χ0v) is 39.5. The summed E-state index contributed by atoms with van der Waals surface area (Å²) in [6.07, 6.45) is 48.1. The van der Waals surface area contributed by atoms with Crippen LogP contribution in [0.3, 0.4) is 0 Å². The van der Waals surface area contributed by atoms with E-state index in [0.29, 0.717) is 19.3 Å². The quantitative estimate of drug-likeness (QED) is 0.0346. The first-order chi connectivity index (χ1) is 28.4. The molecule has 0 heterocycles. The van der Waals surface area contributed by atoms with E-state index in [9.17, 15) is 14.4 Å². The van der Waals surface area contributed by atoms with Gasteiger partial charge in [0.2, 0.25) is 0 Å². The summed E-state index contributed by atoms with van der Waals surface area (Å²) >= 11 is 0. The molecule has 0 aliphatic carbocycles. The fraction of sp³-hybridized carbons (Fsp3) is 0.942. The minimum Gasteiger partial charge on any atom is -0.462 e. The Bertz CT molecular complexity index is 872. The van der Waals surface area contributed by atoms with Gasteiger partial charge in [-0.2, -0.15) is 0 Å². The number of esters is 3. The maximum atomic E-state index is 12.7. The van der Waals surface area contributed by atoms with E-state index >= 15 is 0 Å². The number of unbranched alkanes of at least 4 members (excludes halogenated alkanes) is 34. The Kier molecular flexibility index (Phi) is 45.2. The Hall–Kier alpha value is -1.59. The second kappa shape index (κ2) is 46.5. The highest BCUT2D eigenvalue weighted by Crippen LogP contribution is 2.17. The van der Waals surface area contributed by atoms with Crippen LogP contribution in [-0.2, 0) is 28.6 Å². The highest BCUT2D eigenvalue weighted by Gasteiger charge is 2.19. The number of hydrogen-bond donors (Lipinski definition) is 0. The monoisotopic (exact) mass is 821 g/mol. The molecule has 1 atom stereocenters. The van der Waals surface area contributed by atoms with Crippen LogP contribution in [0.25, 0.3) is 0 Å².